The fraction of sp³-hybridized carbons (Fsp3) is 0. The van der Waals surface area contributed by atoms with E-state index in [1.54, 1.807) is 54.6 Å². The van der Waals surface area contributed by atoms with Crippen LogP contribution in [0, 0.1) is 0 Å². The van der Waals surface area contributed by atoms with Gasteiger partial charge in [-0.2, -0.15) is 0 Å². The van der Waals surface area contributed by atoms with Crippen molar-refractivity contribution in [3.8, 4) is 0 Å². The molecule has 1 heterocycles. The lowest BCUT2D eigenvalue weighted by Gasteiger charge is -2.11. The molecule has 172 valence electrons. The zero-order valence-electron chi connectivity index (χ0n) is 17.5. The van der Waals surface area contributed by atoms with Crippen LogP contribution < -0.4 is 15.4 Å². The Morgan fingerprint density at radius 2 is 1.44 bits per heavy atom. The first kappa shape index (κ1) is 23.1. The third kappa shape index (κ3) is 5.45. The average molecular weight is 496 g/mol. The van der Waals surface area contributed by atoms with Crippen molar-refractivity contribution in [1.82, 2.24) is 0 Å². The number of sulfonamides is 1. The third-order valence-corrected chi connectivity index (χ3v) is 6.36. The van der Waals surface area contributed by atoms with E-state index in [9.17, 15) is 18.0 Å². The molecule has 4 aromatic rings. The SMILES string of the molecule is O=C(Nc1ccc(NC(=O)c2ccco2)cc1)c1cccc(S(=O)(=O)Nc2ccccc2Cl)c1. The van der Waals surface area contributed by atoms with Crippen molar-refractivity contribution in [2.75, 3.05) is 15.4 Å². The van der Waals surface area contributed by atoms with Gasteiger partial charge in [-0.05, 0) is 66.7 Å². The van der Waals surface area contributed by atoms with Gasteiger partial charge in [0.2, 0.25) is 0 Å². The molecule has 0 fully saturated rings. The fourth-order valence-electron chi connectivity index (χ4n) is 2.99. The van der Waals surface area contributed by atoms with E-state index in [1.807, 2.05) is 0 Å². The first-order chi connectivity index (χ1) is 16.3. The summed E-state index contributed by atoms with van der Waals surface area (Å²) in [6, 6.07) is 21.7. The van der Waals surface area contributed by atoms with Gasteiger partial charge in [-0.25, -0.2) is 8.42 Å². The molecule has 3 N–H and O–H groups in total. The summed E-state index contributed by atoms with van der Waals surface area (Å²) in [5.74, 6) is -0.719. The summed E-state index contributed by atoms with van der Waals surface area (Å²) in [7, 11) is -3.96. The van der Waals surface area contributed by atoms with E-state index >= 15 is 0 Å². The molecule has 8 nitrogen and oxygen atoms in total. The molecule has 4 rings (SSSR count). The van der Waals surface area contributed by atoms with Gasteiger partial charge >= 0.3 is 0 Å². The van der Waals surface area contributed by atoms with E-state index in [0.717, 1.165) is 0 Å². The normalized spacial score (nSPS) is 11.0. The molecule has 0 spiro atoms. The molecule has 0 saturated carbocycles. The minimum absolute atomic E-state index is 0.0870. The lowest BCUT2D eigenvalue weighted by molar-refractivity contribution is 0.0994. The molecule has 0 saturated heterocycles. The maximum absolute atomic E-state index is 12.8. The lowest BCUT2D eigenvalue weighted by atomic mass is 10.2. The van der Waals surface area contributed by atoms with E-state index in [1.165, 1.54) is 36.6 Å². The predicted molar refractivity (Wildman–Crippen MR) is 130 cm³/mol. The molecule has 3 aromatic carbocycles. The summed E-state index contributed by atoms with van der Waals surface area (Å²) in [6.07, 6.45) is 1.40. The molecule has 2 amide bonds. The highest BCUT2D eigenvalue weighted by Crippen LogP contribution is 2.24. The van der Waals surface area contributed by atoms with Gasteiger partial charge in [0, 0.05) is 16.9 Å². The topological polar surface area (TPSA) is 118 Å². The van der Waals surface area contributed by atoms with Gasteiger partial charge in [0.1, 0.15) is 0 Å². The van der Waals surface area contributed by atoms with Crippen LogP contribution in [0.15, 0.2) is 101 Å². The molecule has 1 aromatic heterocycles. The van der Waals surface area contributed by atoms with Crippen LogP contribution >= 0.6 is 11.6 Å². The molecule has 10 heteroatoms. The Kier molecular flexibility index (Phi) is 6.67. The maximum atomic E-state index is 12.8. The molecule has 0 aliphatic heterocycles. The van der Waals surface area contributed by atoms with Crippen LogP contribution in [-0.4, -0.2) is 20.2 Å². The number of carbonyl (C=O) groups excluding carboxylic acids is 2. The van der Waals surface area contributed by atoms with Gasteiger partial charge in [-0.15, -0.1) is 0 Å². The number of amides is 2. The minimum atomic E-state index is -3.96. The third-order valence-electron chi connectivity index (χ3n) is 4.67. The number of halogens is 1. The standard InChI is InChI=1S/C24H18ClN3O5S/c25-20-7-1-2-8-21(20)28-34(31,32)19-6-3-5-16(15-19)23(29)26-17-10-12-18(13-11-17)27-24(30)22-9-4-14-33-22/h1-15,28H,(H,26,29)(H,27,30). The van der Waals surface area contributed by atoms with Gasteiger partial charge in [0.15, 0.2) is 5.76 Å². The smallest absolute Gasteiger partial charge is 0.291 e. The summed E-state index contributed by atoms with van der Waals surface area (Å²) in [5.41, 5.74) is 1.36. The average Bonchev–Trinajstić information content (AvgIpc) is 3.37. The first-order valence-corrected chi connectivity index (χ1v) is 11.8. The number of furan rings is 1. The number of anilines is 3. The van der Waals surface area contributed by atoms with Crippen LogP contribution in [-0.2, 0) is 10.0 Å². The summed E-state index contributed by atoms with van der Waals surface area (Å²) < 4.78 is 33.0. The van der Waals surface area contributed by atoms with Crippen molar-refractivity contribution in [3.05, 3.63) is 108 Å². The van der Waals surface area contributed by atoms with Crippen LogP contribution in [0.25, 0.3) is 0 Å². The molecule has 0 aliphatic rings. The monoisotopic (exact) mass is 495 g/mol. The largest absolute Gasteiger partial charge is 0.459 e. The highest BCUT2D eigenvalue weighted by atomic mass is 35.5. The number of nitrogens with one attached hydrogen (secondary N) is 3. The highest BCUT2D eigenvalue weighted by molar-refractivity contribution is 7.92. The zero-order valence-corrected chi connectivity index (χ0v) is 19.1. The number of hydrogen-bond donors (Lipinski definition) is 3. The second-order valence-electron chi connectivity index (χ2n) is 7.08. The van der Waals surface area contributed by atoms with Gasteiger partial charge in [0.05, 0.1) is 21.9 Å². The van der Waals surface area contributed by atoms with Gasteiger partial charge in [-0.3, -0.25) is 14.3 Å². The molecule has 34 heavy (non-hydrogen) atoms. The van der Waals surface area contributed by atoms with E-state index in [-0.39, 0.29) is 26.9 Å². The zero-order chi connectivity index (χ0) is 24.1. The lowest BCUT2D eigenvalue weighted by Crippen LogP contribution is -2.16. The van der Waals surface area contributed by atoms with E-state index < -0.39 is 21.8 Å². The van der Waals surface area contributed by atoms with Crippen molar-refractivity contribution < 1.29 is 22.4 Å². The summed E-state index contributed by atoms with van der Waals surface area (Å²) >= 11 is 6.04. The molecule has 0 unspecified atom stereocenters. The molecule has 0 atom stereocenters. The van der Waals surface area contributed by atoms with Crippen LogP contribution in [0.2, 0.25) is 5.02 Å². The highest BCUT2D eigenvalue weighted by Gasteiger charge is 2.18. The molecule has 0 radical (unpaired) electrons. The second-order valence-corrected chi connectivity index (χ2v) is 9.17. The molecular formula is C24H18ClN3O5S. The minimum Gasteiger partial charge on any atom is -0.459 e. The van der Waals surface area contributed by atoms with Crippen LogP contribution in [0.1, 0.15) is 20.9 Å². The summed E-state index contributed by atoms with van der Waals surface area (Å²) in [5, 5.41) is 5.63. The van der Waals surface area contributed by atoms with Crippen molar-refractivity contribution >= 4 is 50.5 Å². The Morgan fingerprint density at radius 3 is 2.09 bits per heavy atom. The fourth-order valence-corrected chi connectivity index (χ4v) is 4.36. The van der Waals surface area contributed by atoms with Crippen molar-refractivity contribution in [3.63, 3.8) is 0 Å². The summed E-state index contributed by atoms with van der Waals surface area (Å²) in [4.78, 5) is 24.6. The van der Waals surface area contributed by atoms with Crippen LogP contribution in [0.4, 0.5) is 17.1 Å². The van der Waals surface area contributed by atoms with Crippen LogP contribution in [0.5, 0.6) is 0 Å². The van der Waals surface area contributed by atoms with E-state index in [4.69, 9.17) is 16.0 Å². The number of para-hydroxylation sites is 1. The van der Waals surface area contributed by atoms with Gasteiger partial charge in [-0.1, -0.05) is 29.8 Å². The Hall–Kier alpha value is -4.08. The second kappa shape index (κ2) is 9.82. The Balaban J connectivity index is 1.44. The Labute approximate surface area is 200 Å². The van der Waals surface area contributed by atoms with Crippen molar-refractivity contribution in [2.24, 2.45) is 0 Å². The van der Waals surface area contributed by atoms with Crippen molar-refractivity contribution in [2.45, 2.75) is 4.90 Å². The molecule has 0 bridgehead atoms. The number of carbonyl (C=O) groups is 2. The van der Waals surface area contributed by atoms with Gasteiger partial charge in [0.25, 0.3) is 21.8 Å². The number of hydrogen-bond acceptors (Lipinski definition) is 5. The predicted octanol–water partition coefficient (Wildman–Crippen LogP) is 5.24. The Bertz CT molecular complexity index is 1440. The number of rotatable bonds is 7. The van der Waals surface area contributed by atoms with E-state index in [2.05, 4.69) is 15.4 Å². The number of benzene rings is 3. The first-order valence-electron chi connectivity index (χ1n) is 9.95. The van der Waals surface area contributed by atoms with E-state index in [0.29, 0.717) is 11.4 Å². The quantitative estimate of drug-likeness (QED) is 0.324. The van der Waals surface area contributed by atoms with Gasteiger partial charge < -0.3 is 15.1 Å². The maximum Gasteiger partial charge on any atom is 0.291 e. The van der Waals surface area contributed by atoms with Crippen molar-refractivity contribution in [1.29, 1.82) is 0 Å². The molecular weight excluding hydrogens is 478 g/mol. The summed E-state index contributed by atoms with van der Waals surface area (Å²) in [6.45, 7) is 0. The Morgan fingerprint density at radius 1 is 0.765 bits per heavy atom. The molecule has 0 aliphatic carbocycles. The van der Waals surface area contributed by atoms with Crippen LogP contribution in [0.3, 0.4) is 0 Å².